The average molecular weight is 295 g/mol. The van der Waals surface area contributed by atoms with Crippen molar-refractivity contribution in [1.82, 2.24) is 5.32 Å². The van der Waals surface area contributed by atoms with Crippen LogP contribution in [-0.2, 0) is 14.3 Å². The summed E-state index contributed by atoms with van der Waals surface area (Å²) >= 11 is 0. The molecule has 0 spiro atoms. The Morgan fingerprint density at radius 1 is 1.25 bits per heavy atom. The molecule has 0 saturated heterocycles. The van der Waals surface area contributed by atoms with E-state index in [1.807, 2.05) is 0 Å². The zero-order valence-electron chi connectivity index (χ0n) is 11.6. The second-order valence-electron chi connectivity index (χ2n) is 4.90. The molecule has 1 N–H and O–H groups in total. The minimum Gasteiger partial charge on any atom is -0.467 e. The molecule has 0 aliphatic heterocycles. The van der Waals surface area contributed by atoms with Gasteiger partial charge in [-0.1, -0.05) is 0 Å². The number of esters is 1. The van der Waals surface area contributed by atoms with Crippen LogP contribution in [0, 0.1) is 12.3 Å². The lowest BCUT2D eigenvalue weighted by Gasteiger charge is -2.33. The van der Waals surface area contributed by atoms with Crippen molar-refractivity contribution < 1.29 is 32.2 Å². The molecule has 0 aromatic carbocycles. The molecule has 1 amide bonds. The van der Waals surface area contributed by atoms with Crippen molar-refractivity contribution in [3.8, 4) is 12.3 Å². The molecule has 1 atom stereocenters. The summed E-state index contributed by atoms with van der Waals surface area (Å²) in [6.45, 7) is 4.38. The van der Waals surface area contributed by atoms with Gasteiger partial charge in [-0.25, -0.2) is 9.59 Å². The first-order valence-electron chi connectivity index (χ1n) is 5.49. The first-order valence-corrected chi connectivity index (χ1v) is 5.49. The summed E-state index contributed by atoms with van der Waals surface area (Å²) in [6, 6.07) is 0. The molecule has 0 bridgehead atoms. The molecule has 0 fully saturated rings. The van der Waals surface area contributed by atoms with E-state index in [1.54, 1.807) is 5.92 Å². The lowest BCUT2D eigenvalue weighted by Crippen LogP contribution is -2.64. The molecule has 0 aliphatic rings. The zero-order chi connectivity index (χ0) is 16.2. The predicted octanol–water partition coefficient (Wildman–Crippen LogP) is 2.01. The van der Waals surface area contributed by atoms with E-state index in [-0.39, 0.29) is 0 Å². The van der Waals surface area contributed by atoms with Gasteiger partial charge in [-0.2, -0.15) is 13.2 Å². The van der Waals surface area contributed by atoms with Crippen LogP contribution < -0.4 is 5.32 Å². The Morgan fingerprint density at radius 3 is 2.05 bits per heavy atom. The Kier molecular flexibility index (Phi) is 5.45. The summed E-state index contributed by atoms with van der Waals surface area (Å²) in [4.78, 5) is 23.0. The summed E-state index contributed by atoms with van der Waals surface area (Å²) in [7, 11) is 0.760. The third-order valence-electron chi connectivity index (χ3n) is 2.10. The maximum atomic E-state index is 13.1. The molecule has 5 nitrogen and oxygen atoms in total. The highest BCUT2D eigenvalue weighted by molar-refractivity contribution is 5.87. The quantitative estimate of drug-likeness (QED) is 0.639. The largest absolute Gasteiger partial charge is 0.467 e. The van der Waals surface area contributed by atoms with Gasteiger partial charge in [0.15, 0.2) is 0 Å². The van der Waals surface area contributed by atoms with Crippen molar-refractivity contribution in [3.05, 3.63) is 0 Å². The Hall–Kier alpha value is -1.91. The van der Waals surface area contributed by atoms with E-state index in [0.29, 0.717) is 0 Å². The van der Waals surface area contributed by atoms with Gasteiger partial charge in [-0.3, -0.25) is 5.32 Å². The number of alkyl halides is 3. The number of amides is 1. The fraction of sp³-hybridized carbons (Fsp3) is 0.667. The molecular formula is C12H16F3NO4. The van der Waals surface area contributed by atoms with Crippen LogP contribution in [0.3, 0.4) is 0 Å². The lowest BCUT2D eigenvalue weighted by atomic mass is 9.95. The molecule has 0 aliphatic carbocycles. The Balaban J connectivity index is 5.49. The maximum absolute atomic E-state index is 13.1. The molecule has 0 heterocycles. The first kappa shape index (κ1) is 18.1. The number of alkyl carbamates (subject to hydrolysis) is 1. The van der Waals surface area contributed by atoms with Crippen molar-refractivity contribution >= 4 is 12.1 Å². The highest BCUT2D eigenvalue weighted by Gasteiger charge is 2.62. The number of hydrogen-bond donors (Lipinski definition) is 1. The van der Waals surface area contributed by atoms with Gasteiger partial charge in [0, 0.05) is 0 Å². The standard InChI is InChI=1S/C12H16F3NO4/c1-6-7-11(8(17)19-5,12(13,14)15)16-9(18)20-10(2,3)4/h1H,7H2,2-5H3,(H,16,18). The second kappa shape index (κ2) is 6.03. The lowest BCUT2D eigenvalue weighted by molar-refractivity contribution is -0.209. The van der Waals surface area contributed by atoms with Crippen molar-refractivity contribution in [1.29, 1.82) is 0 Å². The Morgan fingerprint density at radius 2 is 1.75 bits per heavy atom. The van der Waals surface area contributed by atoms with E-state index < -0.39 is 35.8 Å². The van der Waals surface area contributed by atoms with Gasteiger partial charge in [0.05, 0.1) is 13.5 Å². The van der Waals surface area contributed by atoms with E-state index >= 15 is 0 Å². The molecular weight excluding hydrogens is 279 g/mol. The summed E-state index contributed by atoms with van der Waals surface area (Å²) in [6.07, 6.45) is -2.81. The van der Waals surface area contributed by atoms with Crippen LogP contribution in [0.2, 0.25) is 0 Å². The van der Waals surface area contributed by atoms with Crippen LogP contribution in [0.5, 0.6) is 0 Å². The van der Waals surface area contributed by atoms with Gasteiger partial charge >= 0.3 is 18.2 Å². The van der Waals surface area contributed by atoms with Crippen molar-refractivity contribution in [2.24, 2.45) is 0 Å². The van der Waals surface area contributed by atoms with Gasteiger partial charge < -0.3 is 9.47 Å². The predicted molar refractivity (Wildman–Crippen MR) is 63.6 cm³/mol. The number of methoxy groups -OCH3 is 1. The normalized spacial score (nSPS) is 14.7. The van der Waals surface area contributed by atoms with Crippen LogP contribution in [0.4, 0.5) is 18.0 Å². The molecule has 0 rings (SSSR count). The minimum atomic E-state index is -5.14. The second-order valence-corrected chi connectivity index (χ2v) is 4.90. The van der Waals surface area contributed by atoms with Crippen LogP contribution in [-0.4, -0.2) is 36.5 Å². The molecule has 0 aromatic heterocycles. The molecule has 0 saturated carbocycles. The number of nitrogens with one attached hydrogen (secondary N) is 1. The fourth-order valence-electron chi connectivity index (χ4n) is 1.26. The average Bonchev–Trinajstić information content (AvgIpc) is 2.22. The highest BCUT2D eigenvalue weighted by atomic mass is 19.4. The Labute approximate surface area is 114 Å². The summed E-state index contributed by atoms with van der Waals surface area (Å²) < 4.78 is 48.2. The summed E-state index contributed by atoms with van der Waals surface area (Å²) in [5.74, 6) is -0.00658. The third kappa shape index (κ3) is 4.33. The number of terminal acetylenes is 1. The molecule has 0 aromatic rings. The number of halogens is 3. The van der Waals surface area contributed by atoms with Gasteiger partial charge in [-0.15, -0.1) is 12.3 Å². The topological polar surface area (TPSA) is 64.6 Å². The van der Waals surface area contributed by atoms with Crippen molar-refractivity contribution in [3.63, 3.8) is 0 Å². The van der Waals surface area contributed by atoms with Crippen molar-refractivity contribution in [2.75, 3.05) is 7.11 Å². The van der Waals surface area contributed by atoms with Gasteiger partial charge in [-0.05, 0) is 20.8 Å². The minimum absolute atomic E-state index is 0.760. The van der Waals surface area contributed by atoms with E-state index in [2.05, 4.69) is 4.74 Å². The SMILES string of the molecule is C#CCC(NC(=O)OC(C)(C)C)(C(=O)OC)C(F)(F)F. The number of carbonyl (C=O) groups excluding carboxylic acids is 2. The van der Waals surface area contributed by atoms with E-state index in [0.717, 1.165) is 7.11 Å². The number of ether oxygens (including phenoxy) is 2. The summed E-state index contributed by atoms with van der Waals surface area (Å²) in [5.41, 5.74) is -4.37. The van der Waals surface area contributed by atoms with Gasteiger partial charge in [0.25, 0.3) is 0 Å². The molecule has 114 valence electrons. The van der Waals surface area contributed by atoms with Crippen LogP contribution in [0.15, 0.2) is 0 Å². The monoisotopic (exact) mass is 295 g/mol. The fourth-order valence-corrected chi connectivity index (χ4v) is 1.26. The number of rotatable bonds is 3. The van der Waals surface area contributed by atoms with E-state index in [9.17, 15) is 22.8 Å². The van der Waals surface area contributed by atoms with Crippen LogP contribution in [0.25, 0.3) is 0 Å². The maximum Gasteiger partial charge on any atom is 0.423 e. The number of hydrogen-bond acceptors (Lipinski definition) is 4. The number of carbonyl (C=O) groups is 2. The van der Waals surface area contributed by atoms with E-state index in [1.165, 1.54) is 26.1 Å². The third-order valence-corrected chi connectivity index (χ3v) is 2.10. The van der Waals surface area contributed by atoms with Crippen LogP contribution >= 0.6 is 0 Å². The first-order chi connectivity index (χ1) is 8.89. The van der Waals surface area contributed by atoms with Crippen LogP contribution in [0.1, 0.15) is 27.2 Å². The molecule has 20 heavy (non-hydrogen) atoms. The summed E-state index contributed by atoms with van der Waals surface area (Å²) in [5, 5.41) is 1.48. The van der Waals surface area contributed by atoms with Gasteiger partial charge in [0.2, 0.25) is 5.54 Å². The zero-order valence-corrected chi connectivity index (χ0v) is 11.6. The van der Waals surface area contributed by atoms with Crippen molar-refractivity contribution in [2.45, 2.75) is 44.5 Å². The van der Waals surface area contributed by atoms with Gasteiger partial charge in [0.1, 0.15) is 5.60 Å². The Bertz CT molecular complexity index is 420. The molecule has 1 unspecified atom stereocenters. The smallest absolute Gasteiger partial charge is 0.423 e. The molecule has 8 heteroatoms. The highest BCUT2D eigenvalue weighted by Crippen LogP contribution is 2.34. The van der Waals surface area contributed by atoms with E-state index in [4.69, 9.17) is 11.2 Å². The molecule has 0 radical (unpaired) electrons.